The fourth-order valence-corrected chi connectivity index (χ4v) is 4.98. The molecular weight excluding hydrogens is 428 g/mol. The fraction of sp³-hybridized carbons (Fsp3) is 0.292. The molecule has 0 aliphatic carbocycles. The van der Waals surface area contributed by atoms with Gasteiger partial charge >= 0.3 is 0 Å². The zero-order chi connectivity index (χ0) is 21.6. The summed E-state index contributed by atoms with van der Waals surface area (Å²) >= 11 is 7.66. The highest BCUT2D eigenvalue weighted by molar-refractivity contribution is 7.99. The number of carbonyl (C=O) groups excluding carboxylic acids is 1. The Morgan fingerprint density at radius 2 is 2.03 bits per heavy atom. The molecule has 0 spiro atoms. The molecule has 31 heavy (non-hydrogen) atoms. The molecule has 2 heterocycles. The molecule has 2 aromatic carbocycles. The summed E-state index contributed by atoms with van der Waals surface area (Å²) in [6.07, 6.45) is 5.26. The minimum absolute atomic E-state index is 0.0708. The van der Waals surface area contributed by atoms with Gasteiger partial charge in [-0.2, -0.15) is 0 Å². The van der Waals surface area contributed by atoms with E-state index >= 15 is 0 Å². The van der Waals surface area contributed by atoms with Crippen molar-refractivity contribution in [3.05, 3.63) is 77.1 Å². The van der Waals surface area contributed by atoms with Crippen molar-refractivity contribution in [2.24, 2.45) is 5.92 Å². The highest BCUT2D eigenvalue weighted by atomic mass is 35.5. The predicted octanol–water partition coefficient (Wildman–Crippen LogP) is 5.12. The topological polar surface area (TPSA) is 58.1 Å². The standard InChI is InChI=1S/C24H25ClN4OS/c1-17-5-2-9-21(13-17)31-24-22(26-10-11-27-24)29-12-4-7-19(16-29)23(30)28-15-18-6-3-8-20(25)14-18/h2-3,5-6,8-11,13-14,19H,4,7,12,15-16H2,1H3,(H,28,30)/t19-/m1/s1. The first-order valence-corrected chi connectivity index (χ1v) is 11.6. The van der Waals surface area contributed by atoms with E-state index in [1.165, 1.54) is 5.56 Å². The van der Waals surface area contributed by atoms with E-state index in [4.69, 9.17) is 11.6 Å². The van der Waals surface area contributed by atoms with Crippen LogP contribution >= 0.6 is 23.4 Å². The maximum Gasteiger partial charge on any atom is 0.225 e. The van der Waals surface area contributed by atoms with E-state index < -0.39 is 0 Å². The third kappa shape index (κ3) is 5.77. The molecule has 1 aliphatic heterocycles. The van der Waals surface area contributed by atoms with Gasteiger partial charge in [-0.25, -0.2) is 9.97 Å². The van der Waals surface area contributed by atoms with Crippen LogP contribution in [0.1, 0.15) is 24.0 Å². The molecule has 1 N–H and O–H groups in total. The smallest absolute Gasteiger partial charge is 0.225 e. The number of aromatic nitrogens is 2. The van der Waals surface area contributed by atoms with Crippen molar-refractivity contribution >= 4 is 35.1 Å². The largest absolute Gasteiger partial charge is 0.354 e. The van der Waals surface area contributed by atoms with Crippen molar-refractivity contribution in [1.29, 1.82) is 0 Å². The Bertz CT molecular complexity index is 1060. The van der Waals surface area contributed by atoms with Crippen molar-refractivity contribution in [2.75, 3.05) is 18.0 Å². The molecule has 160 valence electrons. The van der Waals surface area contributed by atoms with Crippen LogP contribution in [0.5, 0.6) is 0 Å². The van der Waals surface area contributed by atoms with Gasteiger partial charge < -0.3 is 10.2 Å². The van der Waals surface area contributed by atoms with Crippen LogP contribution in [0.25, 0.3) is 0 Å². The highest BCUT2D eigenvalue weighted by Crippen LogP contribution is 2.34. The number of hydrogen-bond donors (Lipinski definition) is 1. The summed E-state index contributed by atoms with van der Waals surface area (Å²) in [5.41, 5.74) is 2.21. The van der Waals surface area contributed by atoms with Gasteiger partial charge in [0.05, 0.1) is 5.92 Å². The monoisotopic (exact) mass is 452 g/mol. The minimum Gasteiger partial charge on any atom is -0.354 e. The summed E-state index contributed by atoms with van der Waals surface area (Å²) in [6, 6.07) is 15.9. The molecule has 1 atom stereocenters. The predicted molar refractivity (Wildman–Crippen MR) is 126 cm³/mol. The first-order chi connectivity index (χ1) is 15.1. The number of aryl methyl sites for hydroxylation is 1. The van der Waals surface area contributed by atoms with E-state index in [0.29, 0.717) is 18.1 Å². The Morgan fingerprint density at radius 3 is 2.87 bits per heavy atom. The molecule has 1 aliphatic rings. The van der Waals surface area contributed by atoms with E-state index in [9.17, 15) is 4.79 Å². The SMILES string of the molecule is Cc1cccc(Sc2nccnc2N2CCC[C@@H](C(=O)NCc3cccc(Cl)c3)C2)c1. The molecule has 0 bridgehead atoms. The summed E-state index contributed by atoms with van der Waals surface area (Å²) in [4.78, 5) is 25.4. The summed E-state index contributed by atoms with van der Waals surface area (Å²) in [5, 5.41) is 4.61. The number of rotatable bonds is 6. The molecule has 0 radical (unpaired) electrons. The maximum absolute atomic E-state index is 12.8. The number of carbonyl (C=O) groups is 1. The second-order valence-corrected chi connectivity index (χ2v) is 9.24. The zero-order valence-electron chi connectivity index (χ0n) is 17.4. The van der Waals surface area contributed by atoms with Crippen LogP contribution < -0.4 is 10.2 Å². The normalized spacial score (nSPS) is 16.2. The molecule has 1 amide bonds. The lowest BCUT2D eigenvalue weighted by Crippen LogP contribution is -2.43. The lowest BCUT2D eigenvalue weighted by molar-refractivity contribution is -0.125. The quantitative estimate of drug-likeness (QED) is 0.562. The molecule has 1 saturated heterocycles. The number of halogens is 1. The number of amides is 1. The van der Waals surface area contributed by atoms with Gasteiger partial charge in [0.25, 0.3) is 0 Å². The molecule has 5 nitrogen and oxygen atoms in total. The Kier molecular flexibility index (Phi) is 7.10. The van der Waals surface area contributed by atoms with Crippen molar-refractivity contribution in [2.45, 2.75) is 36.2 Å². The van der Waals surface area contributed by atoms with Gasteiger partial charge in [0, 0.05) is 41.9 Å². The summed E-state index contributed by atoms with van der Waals surface area (Å²) in [7, 11) is 0. The van der Waals surface area contributed by atoms with E-state index in [1.807, 2.05) is 24.3 Å². The third-order valence-electron chi connectivity index (χ3n) is 5.30. The number of nitrogens with one attached hydrogen (secondary N) is 1. The average Bonchev–Trinajstić information content (AvgIpc) is 2.78. The van der Waals surface area contributed by atoms with E-state index in [-0.39, 0.29) is 11.8 Å². The summed E-state index contributed by atoms with van der Waals surface area (Å²) < 4.78 is 0. The third-order valence-corrected chi connectivity index (χ3v) is 6.50. The molecule has 0 unspecified atom stereocenters. The summed E-state index contributed by atoms with van der Waals surface area (Å²) in [5.74, 6) is 0.842. The first-order valence-electron chi connectivity index (χ1n) is 10.4. The molecule has 4 rings (SSSR count). The van der Waals surface area contributed by atoms with Gasteiger partial charge in [-0.3, -0.25) is 4.79 Å². The first kappa shape index (κ1) is 21.7. The molecule has 1 fully saturated rings. The van der Waals surface area contributed by atoms with E-state index in [0.717, 1.165) is 40.7 Å². The van der Waals surface area contributed by atoms with Crippen molar-refractivity contribution in [3.8, 4) is 0 Å². The molecular formula is C24H25ClN4OS. The Morgan fingerprint density at radius 1 is 1.19 bits per heavy atom. The summed E-state index contributed by atoms with van der Waals surface area (Å²) in [6.45, 7) is 4.08. The molecule has 0 saturated carbocycles. The number of hydrogen-bond acceptors (Lipinski definition) is 5. The Balaban J connectivity index is 1.43. The van der Waals surface area contributed by atoms with E-state index in [1.54, 1.807) is 24.2 Å². The van der Waals surface area contributed by atoms with Gasteiger partial charge in [0.2, 0.25) is 5.91 Å². The molecule has 3 aromatic rings. The lowest BCUT2D eigenvalue weighted by Gasteiger charge is -2.33. The van der Waals surface area contributed by atoms with Crippen molar-refractivity contribution in [3.63, 3.8) is 0 Å². The van der Waals surface area contributed by atoms with Crippen LogP contribution in [0.2, 0.25) is 5.02 Å². The van der Waals surface area contributed by atoms with Gasteiger partial charge in [-0.05, 0) is 49.6 Å². The van der Waals surface area contributed by atoms with Crippen LogP contribution in [-0.4, -0.2) is 29.0 Å². The van der Waals surface area contributed by atoms with Crippen LogP contribution in [0.15, 0.2) is 70.8 Å². The van der Waals surface area contributed by atoms with Crippen molar-refractivity contribution in [1.82, 2.24) is 15.3 Å². The number of anilines is 1. The van der Waals surface area contributed by atoms with Crippen LogP contribution in [-0.2, 0) is 11.3 Å². The molecule has 1 aromatic heterocycles. The maximum atomic E-state index is 12.8. The highest BCUT2D eigenvalue weighted by Gasteiger charge is 2.28. The van der Waals surface area contributed by atoms with Gasteiger partial charge in [-0.15, -0.1) is 0 Å². The van der Waals surface area contributed by atoms with Crippen molar-refractivity contribution < 1.29 is 4.79 Å². The minimum atomic E-state index is -0.0771. The van der Waals surface area contributed by atoms with Crippen LogP contribution in [0, 0.1) is 12.8 Å². The Labute approximate surface area is 192 Å². The van der Waals surface area contributed by atoms with Gasteiger partial charge in [-0.1, -0.05) is 53.2 Å². The molecule has 7 heteroatoms. The second-order valence-electron chi connectivity index (χ2n) is 7.74. The van der Waals surface area contributed by atoms with E-state index in [2.05, 4.69) is 51.4 Å². The number of benzene rings is 2. The van der Waals surface area contributed by atoms with Gasteiger partial charge in [0.1, 0.15) is 5.03 Å². The van der Waals surface area contributed by atoms with Crippen LogP contribution in [0.3, 0.4) is 0 Å². The Hall–Kier alpha value is -2.57. The second kappa shape index (κ2) is 10.2. The van der Waals surface area contributed by atoms with Crippen LogP contribution in [0.4, 0.5) is 5.82 Å². The zero-order valence-corrected chi connectivity index (χ0v) is 19.0. The van der Waals surface area contributed by atoms with Gasteiger partial charge in [0.15, 0.2) is 5.82 Å². The average molecular weight is 453 g/mol. The lowest BCUT2D eigenvalue weighted by atomic mass is 9.97. The number of piperidine rings is 1. The fourth-order valence-electron chi connectivity index (χ4n) is 3.76. The number of nitrogens with zero attached hydrogens (tertiary/aromatic N) is 3.